The van der Waals surface area contributed by atoms with Crippen LogP contribution < -0.4 is 5.32 Å². The van der Waals surface area contributed by atoms with Crippen LogP contribution in [0.4, 0.5) is 5.69 Å². The second kappa shape index (κ2) is 3.85. The van der Waals surface area contributed by atoms with Crippen LogP contribution in [0.1, 0.15) is 11.1 Å². The van der Waals surface area contributed by atoms with E-state index in [2.05, 4.69) is 37.6 Å². The molecule has 1 rings (SSSR count). The highest BCUT2D eigenvalue weighted by Crippen LogP contribution is 2.31. The second-order valence-corrected chi connectivity index (χ2v) is 3.67. The van der Waals surface area contributed by atoms with E-state index in [1.807, 2.05) is 7.05 Å². The third-order valence-corrected chi connectivity index (χ3v) is 2.95. The summed E-state index contributed by atoms with van der Waals surface area (Å²) in [6.07, 6.45) is 2.11. The molecule has 0 atom stereocenters. The fraction of sp³-hybridized carbons (Fsp3) is 0.400. The summed E-state index contributed by atoms with van der Waals surface area (Å²) in [5.74, 6) is 0. The third kappa shape index (κ3) is 1.58. The molecule has 0 aliphatic rings. The molecule has 66 valence electrons. The summed E-state index contributed by atoms with van der Waals surface area (Å²) in [4.78, 5) is 1.36. The summed E-state index contributed by atoms with van der Waals surface area (Å²) < 4.78 is 0. The summed E-state index contributed by atoms with van der Waals surface area (Å²) in [6.45, 7) is 4.27. The fourth-order valence-electron chi connectivity index (χ4n) is 1.36. The van der Waals surface area contributed by atoms with Gasteiger partial charge in [-0.2, -0.15) is 0 Å². The van der Waals surface area contributed by atoms with E-state index in [1.54, 1.807) is 11.8 Å². The van der Waals surface area contributed by atoms with E-state index in [0.717, 1.165) is 0 Å². The summed E-state index contributed by atoms with van der Waals surface area (Å²) >= 11 is 1.80. The predicted molar refractivity (Wildman–Crippen MR) is 57.2 cm³/mol. The molecule has 0 unspecified atom stereocenters. The van der Waals surface area contributed by atoms with Gasteiger partial charge in [0.1, 0.15) is 0 Å². The largest absolute Gasteiger partial charge is 0.387 e. The molecule has 0 spiro atoms. The van der Waals surface area contributed by atoms with E-state index in [9.17, 15) is 0 Å². The van der Waals surface area contributed by atoms with E-state index >= 15 is 0 Å². The van der Waals surface area contributed by atoms with Gasteiger partial charge in [-0.05, 0) is 31.2 Å². The van der Waals surface area contributed by atoms with Gasteiger partial charge < -0.3 is 5.32 Å². The first-order valence-corrected chi connectivity index (χ1v) is 5.25. The van der Waals surface area contributed by atoms with Crippen molar-refractivity contribution < 1.29 is 0 Å². The molecule has 1 aromatic rings. The molecule has 1 nitrogen and oxygen atoms in total. The molecule has 0 heterocycles. The van der Waals surface area contributed by atoms with Crippen LogP contribution in [0.2, 0.25) is 0 Å². The van der Waals surface area contributed by atoms with Crippen LogP contribution in [-0.2, 0) is 0 Å². The van der Waals surface area contributed by atoms with E-state index in [4.69, 9.17) is 0 Å². The van der Waals surface area contributed by atoms with E-state index in [-0.39, 0.29) is 0 Å². The molecular formula is C10H15NS. The zero-order valence-corrected chi connectivity index (χ0v) is 8.88. The standard InChI is InChI=1S/C10H15NS/c1-7-5-6-8(2)10(12-4)9(7)11-3/h5-6,11H,1-4H3. The Morgan fingerprint density at radius 1 is 1.17 bits per heavy atom. The van der Waals surface area contributed by atoms with Gasteiger partial charge in [0.25, 0.3) is 0 Å². The first-order valence-electron chi connectivity index (χ1n) is 4.02. The van der Waals surface area contributed by atoms with Gasteiger partial charge in [-0.25, -0.2) is 0 Å². The number of nitrogens with one attached hydrogen (secondary N) is 1. The van der Waals surface area contributed by atoms with Gasteiger partial charge in [0, 0.05) is 11.9 Å². The zero-order valence-electron chi connectivity index (χ0n) is 8.06. The summed E-state index contributed by atoms with van der Waals surface area (Å²) in [5.41, 5.74) is 3.92. The minimum Gasteiger partial charge on any atom is -0.387 e. The molecule has 1 N–H and O–H groups in total. The first-order chi connectivity index (χ1) is 5.70. The average Bonchev–Trinajstić information content (AvgIpc) is 2.08. The number of hydrogen-bond donors (Lipinski definition) is 1. The summed E-state index contributed by atoms with van der Waals surface area (Å²) in [7, 11) is 1.97. The Hall–Kier alpha value is -0.630. The molecule has 0 radical (unpaired) electrons. The Balaban J connectivity index is 3.28. The van der Waals surface area contributed by atoms with Crippen molar-refractivity contribution in [3.63, 3.8) is 0 Å². The molecular weight excluding hydrogens is 166 g/mol. The molecule has 0 saturated heterocycles. The lowest BCUT2D eigenvalue weighted by atomic mass is 10.1. The number of thioether (sulfide) groups is 1. The minimum atomic E-state index is 1.27. The van der Waals surface area contributed by atoms with Gasteiger partial charge >= 0.3 is 0 Å². The molecule has 0 fully saturated rings. The Morgan fingerprint density at radius 2 is 1.75 bits per heavy atom. The Bertz CT molecular complexity index is 252. The van der Waals surface area contributed by atoms with E-state index in [0.29, 0.717) is 0 Å². The maximum absolute atomic E-state index is 3.23. The van der Waals surface area contributed by atoms with Crippen molar-refractivity contribution in [2.45, 2.75) is 18.7 Å². The molecule has 0 bridgehead atoms. The molecule has 0 amide bonds. The number of hydrogen-bond acceptors (Lipinski definition) is 2. The van der Waals surface area contributed by atoms with Crippen LogP contribution in [-0.4, -0.2) is 13.3 Å². The van der Waals surface area contributed by atoms with E-state index < -0.39 is 0 Å². The average molecular weight is 181 g/mol. The highest BCUT2D eigenvalue weighted by atomic mass is 32.2. The Kier molecular flexibility index (Phi) is 3.04. The molecule has 12 heavy (non-hydrogen) atoms. The normalized spacial score (nSPS) is 10.0. The summed E-state index contributed by atoms with van der Waals surface area (Å²) in [6, 6.07) is 4.32. The lowest BCUT2D eigenvalue weighted by Gasteiger charge is -2.12. The Labute approximate surface area is 78.6 Å². The molecule has 0 saturated carbocycles. The van der Waals surface area contributed by atoms with Crippen molar-refractivity contribution in [1.82, 2.24) is 0 Å². The number of benzene rings is 1. The highest BCUT2D eigenvalue weighted by Gasteiger charge is 2.05. The predicted octanol–water partition coefficient (Wildman–Crippen LogP) is 3.07. The third-order valence-electron chi connectivity index (χ3n) is 2.02. The van der Waals surface area contributed by atoms with Gasteiger partial charge in [-0.15, -0.1) is 11.8 Å². The molecule has 1 aromatic carbocycles. The van der Waals surface area contributed by atoms with Crippen molar-refractivity contribution in [2.24, 2.45) is 0 Å². The quantitative estimate of drug-likeness (QED) is 0.704. The van der Waals surface area contributed by atoms with Crippen molar-refractivity contribution in [2.75, 3.05) is 18.6 Å². The van der Waals surface area contributed by atoms with Crippen molar-refractivity contribution in [1.29, 1.82) is 0 Å². The monoisotopic (exact) mass is 181 g/mol. The first kappa shape index (κ1) is 9.46. The van der Waals surface area contributed by atoms with Crippen LogP contribution in [0.3, 0.4) is 0 Å². The van der Waals surface area contributed by atoms with Gasteiger partial charge in [0.2, 0.25) is 0 Å². The smallest absolute Gasteiger partial charge is 0.0508 e. The number of aryl methyl sites for hydroxylation is 2. The second-order valence-electron chi connectivity index (χ2n) is 2.86. The van der Waals surface area contributed by atoms with Crippen LogP contribution in [0.5, 0.6) is 0 Å². The van der Waals surface area contributed by atoms with Crippen LogP contribution in [0.15, 0.2) is 17.0 Å². The maximum atomic E-state index is 3.23. The van der Waals surface area contributed by atoms with Gasteiger partial charge in [-0.1, -0.05) is 12.1 Å². The van der Waals surface area contributed by atoms with Crippen molar-refractivity contribution >= 4 is 17.4 Å². The van der Waals surface area contributed by atoms with Crippen LogP contribution in [0, 0.1) is 13.8 Å². The highest BCUT2D eigenvalue weighted by molar-refractivity contribution is 7.98. The van der Waals surface area contributed by atoms with Gasteiger partial charge in [0.05, 0.1) is 5.69 Å². The number of anilines is 1. The summed E-state index contributed by atoms with van der Waals surface area (Å²) in [5, 5.41) is 3.23. The van der Waals surface area contributed by atoms with Gasteiger partial charge in [0.15, 0.2) is 0 Å². The van der Waals surface area contributed by atoms with Crippen LogP contribution in [0.25, 0.3) is 0 Å². The fourth-order valence-corrected chi connectivity index (χ4v) is 2.22. The lowest BCUT2D eigenvalue weighted by molar-refractivity contribution is 1.24. The number of rotatable bonds is 2. The van der Waals surface area contributed by atoms with Crippen LogP contribution >= 0.6 is 11.8 Å². The molecule has 0 aromatic heterocycles. The zero-order chi connectivity index (χ0) is 9.14. The van der Waals surface area contributed by atoms with Crippen molar-refractivity contribution in [3.8, 4) is 0 Å². The van der Waals surface area contributed by atoms with Gasteiger partial charge in [-0.3, -0.25) is 0 Å². The Morgan fingerprint density at radius 3 is 2.17 bits per heavy atom. The van der Waals surface area contributed by atoms with Crippen molar-refractivity contribution in [3.05, 3.63) is 23.3 Å². The molecule has 0 aliphatic carbocycles. The maximum Gasteiger partial charge on any atom is 0.0508 e. The minimum absolute atomic E-state index is 1.27. The topological polar surface area (TPSA) is 12.0 Å². The molecule has 2 heteroatoms. The lowest BCUT2D eigenvalue weighted by Crippen LogP contribution is -1.95. The molecule has 0 aliphatic heterocycles. The van der Waals surface area contributed by atoms with E-state index in [1.165, 1.54) is 21.7 Å². The SMILES string of the molecule is CNc1c(C)ccc(C)c1SC.